The largest absolute Gasteiger partial charge is 0.378 e. The number of amides is 1. The van der Waals surface area contributed by atoms with Crippen LogP contribution < -0.4 is 0 Å². The summed E-state index contributed by atoms with van der Waals surface area (Å²) in [6, 6.07) is 0.612. The Bertz CT molecular complexity index is 349. The standard InChI is InChI=1S/C17H30N2O2/c1-2-21-16-8-11-18(12-9-16)15-5-6-17(20)19(10-7-15)13-14-3-4-14/h14-16H,2-13H2,1H3. The van der Waals surface area contributed by atoms with Crippen LogP contribution in [0.2, 0.25) is 0 Å². The zero-order chi connectivity index (χ0) is 14.7. The molecule has 3 aliphatic rings. The maximum atomic E-state index is 12.2. The van der Waals surface area contributed by atoms with E-state index in [-0.39, 0.29) is 0 Å². The zero-order valence-electron chi connectivity index (χ0n) is 13.4. The van der Waals surface area contributed by atoms with E-state index >= 15 is 0 Å². The number of nitrogens with zero attached hydrogens (tertiary/aromatic N) is 2. The number of carbonyl (C=O) groups excluding carboxylic acids is 1. The first-order chi connectivity index (χ1) is 10.3. The molecular weight excluding hydrogens is 264 g/mol. The van der Waals surface area contributed by atoms with Crippen molar-refractivity contribution in [2.45, 2.75) is 64.0 Å². The molecule has 2 saturated heterocycles. The summed E-state index contributed by atoms with van der Waals surface area (Å²) in [5, 5.41) is 0. The van der Waals surface area contributed by atoms with Gasteiger partial charge in [-0.3, -0.25) is 4.79 Å². The smallest absolute Gasteiger partial charge is 0.222 e. The molecule has 1 atom stereocenters. The number of hydrogen-bond donors (Lipinski definition) is 0. The van der Waals surface area contributed by atoms with Crippen LogP contribution in [-0.2, 0) is 9.53 Å². The number of hydrogen-bond acceptors (Lipinski definition) is 3. The summed E-state index contributed by atoms with van der Waals surface area (Å²) in [6.45, 7) is 7.21. The van der Waals surface area contributed by atoms with E-state index in [1.54, 1.807) is 0 Å². The number of rotatable bonds is 5. The van der Waals surface area contributed by atoms with Crippen molar-refractivity contribution < 1.29 is 9.53 Å². The Kier molecular flexibility index (Phi) is 5.17. The fourth-order valence-corrected chi connectivity index (χ4v) is 3.84. The van der Waals surface area contributed by atoms with E-state index < -0.39 is 0 Å². The van der Waals surface area contributed by atoms with Gasteiger partial charge < -0.3 is 14.5 Å². The first-order valence-corrected chi connectivity index (χ1v) is 8.89. The third kappa shape index (κ3) is 4.19. The molecule has 1 aliphatic carbocycles. The summed E-state index contributed by atoms with van der Waals surface area (Å²) < 4.78 is 5.74. The fourth-order valence-electron chi connectivity index (χ4n) is 3.84. The normalized spacial score (nSPS) is 29.7. The summed E-state index contributed by atoms with van der Waals surface area (Å²) in [5.74, 6) is 1.21. The number of carbonyl (C=O) groups is 1. The molecule has 0 aromatic rings. The Hall–Kier alpha value is -0.610. The number of piperidine rings is 1. The lowest BCUT2D eigenvalue weighted by atomic mass is 10.0. The highest BCUT2D eigenvalue weighted by atomic mass is 16.5. The van der Waals surface area contributed by atoms with E-state index in [4.69, 9.17) is 4.74 Å². The van der Waals surface area contributed by atoms with E-state index in [1.807, 2.05) is 0 Å². The SMILES string of the molecule is CCOC1CCN(C2CCC(=O)N(CC3CC3)CC2)CC1. The summed E-state index contributed by atoms with van der Waals surface area (Å²) in [6.07, 6.45) is 8.41. The van der Waals surface area contributed by atoms with Crippen LogP contribution in [0.3, 0.4) is 0 Å². The van der Waals surface area contributed by atoms with Crippen LogP contribution in [0.4, 0.5) is 0 Å². The van der Waals surface area contributed by atoms with Gasteiger partial charge in [0.05, 0.1) is 6.10 Å². The minimum Gasteiger partial charge on any atom is -0.378 e. The van der Waals surface area contributed by atoms with Gasteiger partial charge >= 0.3 is 0 Å². The second kappa shape index (κ2) is 7.10. The van der Waals surface area contributed by atoms with Crippen LogP contribution in [0.15, 0.2) is 0 Å². The predicted octanol–water partition coefficient (Wildman–Crippen LogP) is 2.28. The van der Waals surface area contributed by atoms with Gasteiger partial charge in [-0.15, -0.1) is 0 Å². The summed E-state index contributed by atoms with van der Waals surface area (Å²) in [7, 11) is 0. The minimum absolute atomic E-state index is 0.397. The highest BCUT2D eigenvalue weighted by Gasteiger charge is 2.32. The van der Waals surface area contributed by atoms with Gasteiger partial charge in [-0.25, -0.2) is 0 Å². The van der Waals surface area contributed by atoms with Crippen molar-refractivity contribution in [1.82, 2.24) is 9.80 Å². The zero-order valence-corrected chi connectivity index (χ0v) is 13.4. The van der Waals surface area contributed by atoms with Crippen molar-refractivity contribution in [1.29, 1.82) is 0 Å². The van der Waals surface area contributed by atoms with Crippen molar-refractivity contribution in [2.24, 2.45) is 5.92 Å². The third-order valence-electron chi connectivity index (χ3n) is 5.35. The molecule has 120 valence electrons. The van der Waals surface area contributed by atoms with Crippen LogP contribution in [0, 0.1) is 5.92 Å². The van der Waals surface area contributed by atoms with E-state index in [2.05, 4.69) is 16.7 Å². The van der Waals surface area contributed by atoms with E-state index in [0.29, 0.717) is 18.1 Å². The second-order valence-electron chi connectivity index (χ2n) is 6.95. The van der Waals surface area contributed by atoms with Gasteiger partial charge in [0.2, 0.25) is 5.91 Å². The van der Waals surface area contributed by atoms with Crippen molar-refractivity contribution in [2.75, 3.05) is 32.8 Å². The predicted molar refractivity (Wildman–Crippen MR) is 83.2 cm³/mol. The minimum atomic E-state index is 0.397. The van der Waals surface area contributed by atoms with E-state index in [9.17, 15) is 4.79 Å². The van der Waals surface area contributed by atoms with Gasteiger partial charge in [0.25, 0.3) is 0 Å². The monoisotopic (exact) mass is 294 g/mol. The Morgan fingerprint density at radius 2 is 1.81 bits per heavy atom. The highest BCUT2D eigenvalue weighted by molar-refractivity contribution is 5.76. The molecule has 3 fully saturated rings. The van der Waals surface area contributed by atoms with Gasteiger partial charge in [-0.1, -0.05) is 0 Å². The summed E-state index contributed by atoms with van der Waals surface area (Å²) in [4.78, 5) is 17.0. The average molecular weight is 294 g/mol. The molecule has 1 unspecified atom stereocenters. The molecule has 0 radical (unpaired) electrons. The molecule has 1 amide bonds. The lowest BCUT2D eigenvalue weighted by Gasteiger charge is -2.37. The molecule has 2 heterocycles. The van der Waals surface area contributed by atoms with Gasteiger partial charge in [-0.05, 0) is 51.4 Å². The molecule has 0 aromatic heterocycles. The maximum absolute atomic E-state index is 12.2. The molecule has 3 rings (SSSR count). The first-order valence-electron chi connectivity index (χ1n) is 8.89. The van der Waals surface area contributed by atoms with Crippen LogP contribution in [0.5, 0.6) is 0 Å². The quantitative estimate of drug-likeness (QED) is 0.780. The molecule has 0 aromatic carbocycles. The fraction of sp³-hybridized carbons (Fsp3) is 0.941. The van der Waals surface area contributed by atoms with Gasteiger partial charge in [-0.2, -0.15) is 0 Å². The van der Waals surface area contributed by atoms with E-state index in [0.717, 1.165) is 70.8 Å². The lowest BCUT2D eigenvalue weighted by molar-refractivity contribution is -0.130. The Balaban J connectivity index is 1.47. The van der Waals surface area contributed by atoms with Crippen molar-refractivity contribution in [3.8, 4) is 0 Å². The Morgan fingerprint density at radius 1 is 1.05 bits per heavy atom. The number of ether oxygens (including phenoxy) is 1. The van der Waals surface area contributed by atoms with Crippen molar-refractivity contribution in [3.05, 3.63) is 0 Å². The van der Waals surface area contributed by atoms with Gasteiger partial charge in [0.1, 0.15) is 0 Å². The van der Waals surface area contributed by atoms with Crippen molar-refractivity contribution >= 4 is 5.91 Å². The van der Waals surface area contributed by atoms with Gasteiger partial charge in [0.15, 0.2) is 0 Å². The molecule has 0 bridgehead atoms. The first kappa shape index (κ1) is 15.3. The third-order valence-corrected chi connectivity index (χ3v) is 5.35. The Labute approximate surface area is 128 Å². The molecule has 0 spiro atoms. The van der Waals surface area contributed by atoms with Crippen molar-refractivity contribution in [3.63, 3.8) is 0 Å². The molecule has 0 N–H and O–H groups in total. The van der Waals surface area contributed by atoms with E-state index in [1.165, 1.54) is 12.8 Å². The molecule has 2 aliphatic heterocycles. The van der Waals surface area contributed by atoms with Gasteiger partial charge in [0, 0.05) is 45.2 Å². The molecule has 4 nitrogen and oxygen atoms in total. The summed E-state index contributed by atoms with van der Waals surface area (Å²) in [5.41, 5.74) is 0. The van der Waals surface area contributed by atoms with Crippen LogP contribution in [0.25, 0.3) is 0 Å². The average Bonchev–Trinajstić information content (AvgIpc) is 3.32. The van der Waals surface area contributed by atoms with Crippen LogP contribution in [0.1, 0.15) is 51.9 Å². The molecular formula is C17H30N2O2. The van der Waals surface area contributed by atoms with Crippen LogP contribution in [-0.4, -0.2) is 60.6 Å². The topological polar surface area (TPSA) is 32.8 Å². The molecule has 1 saturated carbocycles. The molecule has 21 heavy (non-hydrogen) atoms. The number of likely N-dealkylation sites (tertiary alicyclic amines) is 2. The van der Waals surface area contributed by atoms with Crippen LogP contribution >= 0.6 is 0 Å². The lowest BCUT2D eigenvalue weighted by Crippen LogP contribution is -2.43. The molecule has 4 heteroatoms. The Morgan fingerprint density at radius 3 is 2.48 bits per heavy atom. The second-order valence-corrected chi connectivity index (χ2v) is 6.95. The maximum Gasteiger partial charge on any atom is 0.222 e. The highest BCUT2D eigenvalue weighted by Crippen LogP contribution is 2.31. The summed E-state index contributed by atoms with van der Waals surface area (Å²) >= 11 is 0.